The normalized spacial score (nSPS) is 42.2. The molecule has 3 rings (SSSR count). The zero-order valence-electron chi connectivity index (χ0n) is 17.1. The molecule has 1 saturated heterocycles. The Morgan fingerprint density at radius 1 is 1.19 bits per heavy atom. The van der Waals surface area contributed by atoms with E-state index in [9.17, 15) is 35.1 Å². The Balaban J connectivity index is 1.86. The molecule has 9 atom stereocenters. The number of rotatable bonds is 6. The van der Waals surface area contributed by atoms with Crippen LogP contribution in [-0.4, -0.2) is 100 Å². The van der Waals surface area contributed by atoms with Gasteiger partial charge in [0, 0.05) is 12.8 Å². The molecule has 0 aromatic carbocycles. The zero-order valence-corrected chi connectivity index (χ0v) is 17.1. The molecule has 0 aromatic rings. The van der Waals surface area contributed by atoms with Crippen LogP contribution in [0, 0.1) is 11.8 Å². The second kappa shape index (κ2) is 9.36. The molecule has 1 aliphatic carbocycles. The largest absolute Gasteiger partial charge is 0.471 e. The molecule has 5 N–H and O–H groups in total. The van der Waals surface area contributed by atoms with E-state index in [2.05, 4.69) is 0 Å². The minimum absolute atomic E-state index is 0.155. The number of carbonyl (C=O) groups is 2. The maximum atomic E-state index is 12.2. The van der Waals surface area contributed by atoms with Crippen LogP contribution in [0.5, 0.6) is 0 Å². The first kappa shape index (κ1) is 23.9. The molecular formula is C19H28O12. The van der Waals surface area contributed by atoms with E-state index in [4.69, 9.17) is 23.7 Å². The van der Waals surface area contributed by atoms with E-state index >= 15 is 0 Å². The first-order valence-corrected chi connectivity index (χ1v) is 9.88. The average Bonchev–Trinajstić information content (AvgIpc) is 3.10. The topological polar surface area (TPSA) is 181 Å². The molecule has 2 heterocycles. The highest BCUT2D eigenvalue weighted by Gasteiger charge is 2.58. The van der Waals surface area contributed by atoms with Crippen molar-refractivity contribution in [3.8, 4) is 0 Å². The van der Waals surface area contributed by atoms with Crippen LogP contribution in [0.2, 0.25) is 0 Å². The van der Waals surface area contributed by atoms with Gasteiger partial charge in [-0.15, -0.1) is 0 Å². The van der Waals surface area contributed by atoms with Gasteiger partial charge in [0.25, 0.3) is 0 Å². The molecule has 31 heavy (non-hydrogen) atoms. The lowest BCUT2D eigenvalue weighted by molar-refractivity contribution is -0.347. The van der Waals surface area contributed by atoms with Gasteiger partial charge in [0.15, 0.2) is 6.29 Å². The summed E-state index contributed by atoms with van der Waals surface area (Å²) in [7, 11) is 1.20. The first-order chi connectivity index (χ1) is 14.6. The van der Waals surface area contributed by atoms with Gasteiger partial charge in [0.2, 0.25) is 6.29 Å². The third-order valence-electron chi connectivity index (χ3n) is 6.03. The lowest BCUT2D eigenvalue weighted by Gasteiger charge is -2.44. The summed E-state index contributed by atoms with van der Waals surface area (Å²) in [5.74, 6) is -2.75. The van der Waals surface area contributed by atoms with Crippen molar-refractivity contribution in [2.75, 3.05) is 20.3 Å². The summed E-state index contributed by atoms with van der Waals surface area (Å²) >= 11 is 0. The highest BCUT2D eigenvalue weighted by Crippen LogP contribution is 2.50. The molecule has 0 radical (unpaired) electrons. The van der Waals surface area contributed by atoms with E-state index < -0.39 is 73.0 Å². The molecule has 12 heteroatoms. The monoisotopic (exact) mass is 448 g/mol. The first-order valence-electron chi connectivity index (χ1n) is 9.88. The van der Waals surface area contributed by atoms with Crippen LogP contribution in [0.3, 0.4) is 0 Å². The number of fused-ring (bicyclic) bond motifs is 1. The quantitative estimate of drug-likeness (QED) is 0.271. The van der Waals surface area contributed by atoms with E-state index in [0.717, 1.165) is 6.26 Å². The van der Waals surface area contributed by atoms with Gasteiger partial charge in [-0.25, -0.2) is 4.79 Å². The number of aliphatic hydroxyl groups is 5. The Labute approximate surface area is 177 Å². The van der Waals surface area contributed by atoms with E-state index in [1.807, 2.05) is 0 Å². The van der Waals surface area contributed by atoms with Crippen LogP contribution in [0.25, 0.3) is 0 Å². The second-order valence-corrected chi connectivity index (χ2v) is 7.96. The molecule has 12 nitrogen and oxygen atoms in total. The minimum Gasteiger partial charge on any atom is -0.471 e. The summed E-state index contributed by atoms with van der Waals surface area (Å²) in [5.41, 5.74) is -1.46. The Hall–Kier alpha value is -1.80. The van der Waals surface area contributed by atoms with Crippen molar-refractivity contribution in [1.29, 1.82) is 0 Å². The number of methoxy groups -OCH3 is 1. The molecular weight excluding hydrogens is 420 g/mol. The molecule has 1 saturated carbocycles. The summed E-state index contributed by atoms with van der Waals surface area (Å²) in [6.07, 6.45) is -7.29. The minimum atomic E-state index is -1.69. The highest BCUT2D eigenvalue weighted by molar-refractivity contribution is 5.89. The third kappa shape index (κ3) is 4.55. The molecule has 0 bridgehead atoms. The number of ether oxygens (including phenoxy) is 5. The van der Waals surface area contributed by atoms with Gasteiger partial charge in [0.05, 0.1) is 31.5 Å². The van der Waals surface area contributed by atoms with E-state index in [1.54, 1.807) is 0 Å². The van der Waals surface area contributed by atoms with Crippen molar-refractivity contribution >= 4 is 11.9 Å². The maximum absolute atomic E-state index is 12.2. The van der Waals surface area contributed by atoms with Crippen LogP contribution in [0.1, 0.15) is 19.8 Å². The van der Waals surface area contributed by atoms with Crippen molar-refractivity contribution in [3.63, 3.8) is 0 Å². The van der Waals surface area contributed by atoms with Crippen molar-refractivity contribution in [3.05, 3.63) is 11.8 Å². The number of esters is 2. The molecule has 3 aliphatic rings. The van der Waals surface area contributed by atoms with Gasteiger partial charge in [-0.05, 0) is 12.8 Å². The van der Waals surface area contributed by atoms with Gasteiger partial charge < -0.3 is 49.2 Å². The fourth-order valence-electron chi connectivity index (χ4n) is 4.37. The standard InChI is InChI=1S/C19H28O12/c1-8(21)29-7-19(26)4-3-9-10(16(25)27-2)6-28-17(12(9)19)31-18-15(24)14(23)13(22)11(5-20)30-18/h6,9,11-15,17-18,20,22-24,26H,3-5,7H2,1-2H3. The number of carbonyl (C=O) groups excluding carboxylic acids is 2. The summed E-state index contributed by atoms with van der Waals surface area (Å²) in [5, 5.41) is 50.7. The predicted molar refractivity (Wildman–Crippen MR) is 97.6 cm³/mol. The zero-order chi connectivity index (χ0) is 22.9. The van der Waals surface area contributed by atoms with Gasteiger partial charge >= 0.3 is 11.9 Å². The Kier molecular flexibility index (Phi) is 7.21. The van der Waals surface area contributed by atoms with Gasteiger partial charge in [-0.1, -0.05) is 0 Å². The average molecular weight is 448 g/mol. The van der Waals surface area contributed by atoms with Crippen LogP contribution >= 0.6 is 0 Å². The molecule has 0 aromatic heterocycles. The maximum Gasteiger partial charge on any atom is 0.337 e. The van der Waals surface area contributed by atoms with Gasteiger partial charge in [0.1, 0.15) is 36.6 Å². The van der Waals surface area contributed by atoms with E-state index in [0.29, 0.717) is 6.42 Å². The van der Waals surface area contributed by atoms with Crippen molar-refractivity contribution in [1.82, 2.24) is 0 Å². The Morgan fingerprint density at radius 2 is 1.90 bits per heavy atom. The van der Waals surface area contributed by atoms with Crippen LogP contribution in [0.4, 0.5) is 0 Å². The summed E-state index contributed by atoms with van der Waals surface area (Å²) in [6, 6.07) is 0. The second-order valence-electron chi connectivity index (χ2n) is 7.96. The Bertz CT molecular complexity index is 708. The molecule has 2 fully saturated rings. The van der Waals surface area contributed by atoms with Crippen LogP contribution < -0.4 is 0 Å². The molecule has 0 spiro atoms. The van der Waals surface area contributed by atoms with Gasteiger partial charge in [-0.2, -0.15) is 0 Å². The molecule has 9 unspecified atom stereocenters. The lowest BCUT2D eigenvalue weighted by atomic mass is 9.80. The SMILES string of the molecule is COC(=O)C1=COC(OC2OC(CO)C(O)C(O)C2O)C2C1CCC2(O)COC(C)=O. The summed E-state index contributed by atoms with van der Waals surface area (Å²) < 4.78 is 26.4. The van der Waals surface area contributed by atoms with Gasteiger partial charge in [-0.3, -0.25) is 4.79 Å². The number of aliphatic hydroxyl groups excluding tert-OH is 4. The summed E-state index contributed by atoms with van der Waals surface area (Å²) in [4.78, 5) is 23.5. The fraction of sp³-hybridized carbons (Fsp3) is 0.789. The molecule has 2 aliphatic heterocycles. The Morgan fingerprint density at radius 3 is 2.52 bits per heavy atom. The third-order valence-corrected chi connectivity index (χ3v) is 6.03. The summed E-state index contributed by atoms with van der Waals surface area (Å²) in [6.45, 7) is 0.163. The van der Waals surface area contributed by atoms with Crippen molar-refractivity contribution in [2.24, 2.45) is 11.8 Å². The lowest BCUT2D eigenvalue weighted by Crippen LogP contribution is -2.61. The molecule has 176 valence electrons. The van der Waals surface area contributed by atoms with Crippen LogP contribution in [-0.2, 0) is 33.3 Å². The van der Waals surface area contributed by atoms with E-state index in [1.165, 1.54) is 14.0 Å². The van der Waals surface area contributed by atoms with Crippen LogP contribution in [0.15, 0.2) is 11.8 Å². The van der Waals surface area contributed by atoms with E-state index in [-0.39, 0.29) is 18.6 Å². The number of hydrogen-bond acceptors (Lipinski definition) is 12. The predicted octanol–water partition coefficient (Wildman–Crippen LogP) is -2.46. The van der Waals surface area contributed by atoms with Crippen molar-refractivity contribution < 1.29 is 58.8 Å². The van der Waals surface area contributed by atoms with Crippen molar-refractivity contribution in [2.45, 2.75) is 62.4 Å². The number of hydrogen-bond donors (Lipinski definition) is 5. The highest BCUT2D eigenvalue weighted by atomic mass is 16.8. The molecule has 0 amide bonds. The fourth-order valence-corrected chi connectivity index (χ4v) is 4.37. The smallest absolute Gasteiger partial charge is 0.337 e.